The van der Waals surface area contributed by atoms with Crippen molar-refractivity contribution in [1.82, 2.24) is 5.32 Å². The molecule has 0 heterocycles. The standard InChI is InChI=1S/C25H35ClN2O5S/c1-9-22(28(34(8,30)31)18-10-11-23(32-6)21(26)13-18)25(29)27-17(5)20-14-19(15(2)3)24(33-7)12-16(20)4/h10-15,17,22H,9H2,1-8H3,(H,27,29)/t17-,22-/m0/s1. The Bertz CT molecular complexity index is 1130. The smallest absolute Gasteiger partial charge is 0.244 e. The van der Waals surface area contributed by atoms with Crippen LogP contribution < -0.4 is 19.1 Å². The molecule has 1 N–H and O–H groups in total. The van der Waals surface area contributed by atoms with Gasteiger partial charge in [0.05, 0.1) is 37.2 Å². The Morgan fingerprint density at radius 2 is 1.68 bits per heavy atom. The monoisotopic (exact) mass is 510 g/mol. The maximum Gasteiger partial charge on any atom is 0.244 e. The van der Waals surface area contributed by atoms with E-state index >= 15 is 0 Å². The zero-order chi connectivity index (χ0) is 25.8. The van der Waals surface area contributed by atoms with Gasteiger partial charge in [0.2, 0.25) is 15.9 Å². The molecule has 1 amide bonds. The molecule has 0 aromatic heterocycles. The average molecular weight is 511 g/mol. The molecule has 0 aliphatic heterocycles. The summed E-state index contributed by atoms with van der Waals surface area (Å²) < 4.78 is 37.3. The van der Waals surface area contributed by atoms with Gasteiger partial charge >= 0.3 is 0 Å². The van der Waals surface area contributed by atoms with Crippen molar-refractivity contribution in [2.24, 2.45) is 0 Å². The first-order chi connectivity index (χ1) is 15.8. The third-order valence-corrected chi connectivity index (χ3v) is 7.26. The Labute approximate surface area is 208 Å². The van der Waals surface area contributed by atoms with E-state index in [9.17, 15) is 13.2 Å². The summed E-state index contributed by atoms with van der Waals surface area (Å²) in [6, 6.07) is 7.36. The number of methoxy groups -OCH3 is 2. The number of sulfonamides is 1. The lowest BCUT2D eigenvalue weighted by Crippen LogP contribution is -2.49. The Balaban J connectivity index is 2.42. The Hall–Kier alpha value is -2.45. The van der Waals surface area contributed by atoms with Gasteiger partial charge in [0, 0.05) is 0 Å². The van der Waals surface area contributed by atoms with Gasteiger partial charge in [-0.05, 0) is 73.2 Å². The van der Waals surface area contributed by atoms with Crippen LogP contribution >= 0.6 is 11.6 Å². The second-order valence-electron chi connectivity index (χ2n) is 8.64. The Morgan fingerprint density at radius 1 is 1.06 bits per heavy atom. The van der Waals surface area contributed by atoms with Crippen molar-refractivity contribution < 1.29 is 22.7 Å². The van der Waals surface area contributed by atoms with E-state index < -0.39 is 22.0 Å². The van der Waals surface area contributed by atoms with Crippen molar-refractivity contribution in [1.29, 1.82) is 0 Å². The maximum absolute atomic E-state index is 13.4. The first kappa shape index (κ1) is 27.8. The SMILES string of the molecule is CC[C@@H](C(=O)N[C@@H](C)c1cc(C(C)C)c(OC)cc1C)N(c1ccc(OC)c(Cl)c1)S(C)(=O)=O. The van der Waals surface area contributed by atoms with Crippen LogP contribution in [0.1, 0.15) is 62.8 Å². The molecule has 9 heteroatoms. The van der Waals surface area contributed by atoms with Crippen molar-refractivity contribution in [3.8, 4) is 11.5 Å². The molecule has 0 saturated carbocycles. The summed E-state index contributed by atoms with van der Waals surface area (Å²) in [4.78, 5) is 13.4. The average Bonchev–Trinajstić information content (AvgIpc) is 2.75. The van der Waals surface area contributed by atoms with E-state index in [4.69, 9.17) is 21.1 Å². The molecule has 0 spiro atoms. The van der Waals surface area contributed by atoms with Crippen molar-refractivity contribution in [3.05, 3.63) is 52.0 Å². The zero-order valence-electron chi connectivity index (χ0n) is 21.1. The molecule has 0 aliphatic rings. The van der Waals surface area contributed by atoms with Crippen LogP contribution in [0.25, 0.3) is 0 Å². The second kappa shape index (κ2) is 11.3. The van der Waals surface area contributed by atoms with Gasteiger partial charge in [-0.25, -0.2) is 8.42 Å². The van der Waals surface area contributed by atoms with Crippen molar-refractivity contribution in [2.45, 2.75) is 59.0 Å². The Kier molecular flexibility index (Phi) is 9.25. The minimum absolute atomic E-state index is 0.237. The number of benzene rings is 2. The molecule has 0 radical (unpaired) electrons. The highest BCUT2D eigenvalue weighted by Crippen LogP contribution is 2.34. The summed E-state index contributed by atoms with van der Waals surface area (Å²) in [7, 11) is -0.671. The lowest BCUT2D eigenvalue weighted by atomic mass is 9.93. The third kappa shape index (κ3) is 6.16. The molecular weight excluding hydrogens is 476 g/mol. The van der Waals surface area contributed by atoms with Gasteiger partial charge in [-0.1, -0.05) is 32.4 Å². The van der Waals surface area contributed by atoms with Gasteiger partial charge in [0.25, 0.3) is 0 Å². The lowest BCUT2D eigenvalue weighted by molar-refractivity contribution is -0.122. The van der Waals surface area contributed by atoms with Crippen LogP contribution in [0, 0.1) is 6.92 Å². The van der Waals surface area contributed by atoms with Gasteiger partial charge in [-0.2, -0.15) is 0 Å². The van der Waals surface area contributed by atoms with Gasteiger partial charge in [0.1, 0.15) is 17.5 Å². The van der Waals surface area contributed by atoms with Crippen LogP contribution in [0.4, 0.5) is 5.69 Å². The Morgan fingerprint density at radius 3 is 2.15 bits per heavy atom. The fraction of sp³-hybridized carbons (Fsp3) is 0.480. The number of carbonyl (C=O) groups excluding carboxylic acids is 1. The van der Waals surface area contributed by atoms with Crippen LogP contribution in [-0.4, -0.2) is 40.8 Å². The fourth-order valence-corrected chi connectivity index (χ4v) is 5.51. The third-order valence-electron chi connectivity index (χ3n) is 5.79. The largest absolute Gasteiger partial charge is 0.496 e. The summed E-state index contributed by atoms with van der Waals surface area (Å²) in [5.74, 6) is 1.07. The molecule has 2 aromatic carbocycles. The first-order valence-corrected chi connectivity index (χ1v) is 13.4. The molecule has 2 rings (SSSR count). The minimum atomic E-state index is -3.79. The lowest BCUT2D eigenvalue weighted by Gasteiger charge is -2.31. The highest BCUT2D eigenvalue weighted by Gasteiger charge is 2.33. The van der Waals surface area contributed by atoms with Crippen LogP contribution in [0.3, 0.4) is 0 Å². The number of rotatable bonds is 10. The van der Waals surface area contributed by atoms with Crippen LogP contribution in [0.15, 0.2) is 30.3 Å². The molecule has 0 fully saturated rings. The number of aryl methyl sites for hydroxylation is 1. The van der Waals surface area contributed by atoms with E-state index in [0.717, 1.165) is 33.0 Å². The number of nitrogens with one attached hydrogen (secondary N) is 1. The highest BCUT2D eigenvalue weighted by molar-refractivity contribution is 7.92. The quantitative estimate of drug-likeness (QED) is 0.474. The summed E-state index contributed by atoms with van der Waals surface area (Å²) in [6.07, 6.45) is 1.35. The number of hydrogen-bond acceptors (Lipinski definition) is 5. The van der Waals surface area contributed by atoms with E-state index in [1.54, 1.807) is 26.2 Å². The van der Waals surface area contributed by atoms with Crippen molar-refractivity contribution in [3.63, 3.8) is 0 Å². The first-order valence-electron chi connectivity index (χ1n) is 11.2. The molecule has 188 valence electrons. The maximum atomic E-state index is 13.4. The fourth-order valence-electron chi connectivity index (χ4n) is 4.05. The molecule has 2 atom stereocenters. The van der Waals surface area contributed by atoms with Crippen LogP contribution in [-0.2, 0) is 14.8 Å². The van der Waals surface area contributed by atoms with Gasteiger partial charge < -0.3 is 14.8 Å². The number of nitrogens with zero attached hydrogens (tertiary/aromatic N) is 1. The van der Waals surface area contributed by atoms with E-state index in [0.29, 0.717) is 11.4 Å². The molecular formula is C25H35ClN2O5S. The summed E-state index contributed by atoms with van der Waals surface area (Å²) in [6.45, 7) is 9.78. The number of halogens is 1. The molecule has 2 aromatic rings. The molecule has 0 unspecified atom stereocenters. The summed E-state index contributed by atoms with van der Waals surface area (Å²) >= 11 is 6.24. The number of anilines is 1. The normalized spacial score (nSPS) is 13.4. The van der Waals surface area contributed by atoms with Crippen molar-refractivity contribution in [2.75, 3.05) is 24.8 Å². The predicted molar refractivity (Wildman–Crippen MR) is 138 cm³/mol. The van der Waals surface area contributed by atoms with E-state index in [1.165, 1.54) is 13.2 Å². The van der Waals surface area contributed by atoms with Gasteiger partial charge in [-0.15, -0.1) is 0 Å². The highest BCUT2D eigenvalue weighted by atomic mass is 35.5. The van der Waals surface area contributed by atoms with E-state index in [2.05, 4.69) is 19.2 Å². The molecule has 0 saturated heterocycles. The molecule has 0 aliphatic carbocycles. The summed E-state index contributed by atoms with van der Waals surface area (Å²) in [5.41, 5.74) is 3.27. The van der Waals surface area contributed by atoms with Crippen LogP contribution in [0.2, 0.25) is 5.02 Å². The number of amides is 1. The number of ether oxygens (including phenoxy) is 2. The van der Waals surface area contributed by atoms with Crippen LogP contribution in [0.5, 0.6) is 11.5 Å². The van der Waals surface area contributed by atoms with Crippen molar-refractivity contribution >= 4 is 33.2 Å². The zero-order valence-corrected chi connectivity index (χ0v) is 22.7. The number of hydrogen-bond donors (Lipinski definition) is 1. The summed E-state index contributed by atoms with van der Waals surface area (Å²) in [5, 5.41) is 3.26. The van der Waals surface area contributed by atoms with E-state index in [-0.39, 0.29) is 23.4 Å². The second-order valence-corrected chi connectivity index (χ2v) is 10.9. The topological polar surface area (TPSA) is 84.9 Å². The molecule has 7 nitrogen and oxygen atoms in total. The predicted octanol–water partition coefficient (Wildman–Crippen LogP) is 5.21. The molecule has 0 bridgehead atoms. The van der Waals surface area contributed by atoms with Gasteiger partial charge in [-0.3, -0.25) is 9.10 Å². The molecule has 34 heavy (non-hydrogen) atoms. The van der Waals surface area contributed by atoms with Gasteiger partial charge in [0.15, 0.2) is 0 Å². The number of carbonyl (C=O) groups is 1. The van der Waals surface area contributed by atoms with E-state index in [1.807, 2.05) is 26.0 Å². The minimum Gasteiger partial charge on any atom is -0.496 e.